The second-order valence-electron chi connectivity index (χ2n) is 5.76. The van der Waals surface area contributed by atoms with Crippen molar-refractivity contribution in [2.45, 2.75) is 24.7 Å². The Morgan fingerprint density at radius 2 is 1.54 bits per heavy atom. The summed E-state index contributed by atoms with van der Waals surface area (Å²) in [6.45, 7) is 2.34. The van der Waals surface area contributed by atoms with Crippen molar-refractivity contribution in [3.8, 4) is 0 Å². The van der Waals surface area contributed by atoms with Gasteiger partial charge < -0.3 is 0 Å². The summed E-state index contributed by atoms with van der Waals surface area (Å²) in [7, 11) is 0. The van der Waals surface area contributed by atoms with E-state index in [0.717, 1.165) is 24.4 Å². The van der Waals surface area contributed by atoms with Crippen molar-refractivity contribution in [2.75, 3.05) is 12.3 Å². The van der Waals surface area contributed by atoms with Gasteiger partial charge in [-0.1, -0.05) is 0 Å². The summed E-state index contributed by atoms with van der Waals surface area (Å²) in [5.74, 6) is 2.19. The van der Waals surface area contributed by atoms with Crippen LogP contribution in [0.3, 0.4) is 0 Å². The Balaban J connectivity index is 1.67. The SMILES string of the molecule is CC([Se]P(=[Se])(CCc1ccco1)CCc1ccco1)n1cccc1. The average molecular weight is 473 g/mol. The molecule has 0 amide bonds. The molecule has 0 aliphatic rings. The van der Waals surface area contributed by atoms with Gasteiger partial charge in [0.25, 0.3) is 0 Å². The first-order chi connectivity index (χ1) is 11.6. The third kappa shape index (κ3) is 5.15. The van der Waals surface area contributed by atoms with Crippen LogP contribution in [-0.4, -0.2) is 46.5 Å². The number of furan rings is 2. The second-order valence-corrected chi connectivity index (χ2v) is 23.6. The summed E-state index contributed by atoms with van der Waals surface area (Å²) < 4.78 is 12.3. The van der Waals surface area contributed by atoms with Gasteiger partial charge in [0.2, 0.25) is 0 Å². The molecule has 0 aromatic carbocycles. The summed E-state index contributed by atoms with van der Waals surface area (Å²) in [5, 5.41) is 0. The van der Waals surface area contributed by atoms with Crippen molar-refractivity contribution in [1.29, 1.82) is 0 Å². The van der Waals surface area contributed by atoms with E-state index in [4.69, 9.17) is 8.83 Å². The first kappa shape index (κ1) is 18.1. The van der Waals surface area contributed by atoms with E-state index in [-0.39, 0.29) is 0 Å². The quantitative estimate of drug-likeness (QED) is 0.341. The Bertz CT molecular complexity index is 709. The molecular formula is C18H22NO2PSe2. The van der Waals surface area contributed by atoms with Gasteiger partial charge >= 0.3 is 157 Å². The normalized spacial score (nSPS) is 13.2. The van der Waals surface area contributed by atoms with E-state index < -0.39 is 4.20 Å². The van der Waals surface area contributed by atoms with Crippen LogP contribution in [0.4, 0.5) is 0 Å². The minimum absolute atomic E-state index is 0.533. The van der Waals surface area contributed by atoms with Gasteiger partial charge in [0.1, 0.15) is 0 Å². The van der Waals surface area contributed by atoms with Crippen LogP contribution in [0, 0.1) is 0 Å². The molecule has 3 heterocycles. The van der Waals surface area contributed by atoms with Gasteiger partial charge in [-0.3, -0.25) is 0 Å². The van der Waals surface area contributed by atoms with Crippen molar-refractivity contribution in [2.24, 2.45) is 0 Å². The predicted octanol–water partition coefficient (Wildman–Crippen LogP) is 4.40. The summed E-state index contributed by atoms with van der Waals surface area (Å²) in [5.41, 5.74) is 0. The Morgan fingerprint density at radius 3 is 2.00 bits per heavy atom. The number of hydrogen-bond donors (Lipinski definition) is 0. The molecule has 0 saturated heterocycles. The molecule has 0 bridgehead atoms. The molecule has 6 heteroatoms. The standard InChI is InChI=1S/C18H22NO2PSe2/c1-16(19-10-2-3-11-19)24-22(23,14-8-17-6-4-12-20-17)15-9-18-7-5-13-21-18/h2-7,10-13,16H,8-9,14-15H2,1H3. The van der Waals surface area contributed by atoms with Crippen molar-refractivity contribution in [3.05, 3.63) is 72.8 Å². The molecule has 0 spiro atoms. The van der Waals surface area contributed by atoms with E-state index in [1.807, 2.05) is 12.1 Å². The molecule has 0 aliphatic heterocycles. The third-order valence-corrected chi connectivity index (χ3v) is 18.7. The van der Waals surface area contributed by atoms with Gasteiger partial charge in [-0.25, -0.2) is 0 Å². The Labute approximate surface area is 156 Å². The van der Waals surface area contributed by atoms with Crippen LogP contribution in [0.25, 0.3) is 0 Å². The fraction of sp³-hybridized carbons (Fsp3) is 0.333. The molecule has 128 valence electrons. The average Bonchev–Trinajstić information content (AvgIpc) is 3.35. The number of aryl methyl sites for hydroxylation is 2. The van der Waals surface area contributed by atoms with E-state index in [9.17, 15) is 0 Å². The van der Waals surface area contributed by atoms with Crippen LogP contribution in [0.15, 0.2) is 70.2 Å². The summed E-state index contributed by atoms with van der Waals surface area (Å²) in [4.78, 5) is 0.565. The Morgan fingerprint density at radius 1 is 1.00 bits per heavy atom. The van der Waals surface area contributed by atoms with Crippen LogP contribution < -0.4 is 0 Å². The van der Waals surface area contributed by atoms with Gasteiger partial charge in [0.15, 0.2) is 0 Å². The van der Waals surface area contributed by atoms with Gasteiger partial charge in [-0.15, -0.1) is 0 Å². The van der Waals surface area contributed by atoms with Crippen LogP contribution in [0.5, 0.6) is 0 Å². The van der Waals surface area contributed by atoms with Crippen LogP contribution in [-0.2, 0) is 12.8 Å². The zero-order valence-corrected chi connectivity index (χ0v) is 18.0. The molecule has 0 aliphatic carbocycles. The van der Waals surface area contributed by atoms with Crippen LogP contribution >= 0.6 is 4.20 Å². The summed E-state index contributed by atoms with van der Waals surface area (Å²) >= 11 is 4.18. The number of nitrogens with zero attached hydrogens (tertiary/aromatic N) is 1. The first-order valence-corrected chi connectivity index (χ1v) is 15.7. The van der Waals surface area contributed by atoms with E-state index in [1.54, 1.807) is 12.5 Å². The second kappa shape index (κ2) is 8.61. The monoisotopic (exact) mass is 475 g/mol. The summed E-state index contributed by atoms with van der Waals surface area (Å²) in [6, 6.07) is 12.3. The van der Waals surface area contributed by atoms with Crippen molar-refractivity contribution in [3.63, 3.8) is 0 Å². The molecule has 0 saturated carbocycles. The Hall–Kier alpha value is -0.691. The predicted molar refractivity (Wildman–Crippen MR) is 102 cm³/mol. The zero-order valence-electron chi connectivity index (χ0n) is 13.7. The molecular weight excluding hydrogens is 451 g/mol. The maximum atomic E-state index is 5.54. The van der Waals surface area contributed by atoms with Gasteiger partial charge in [-0.2, -0.15) is 0 Å². The molecule has 24 heavy (non-hydrogen) atoms. The van der Waals surface area contributed by atoms with E-state index in [2.05, 4.69) is 63.2 Å². The Kier molecular flexibility index (Phi) is 6.49. The van der Waals surface area contributed by atoms with Gasteiger partial charge in [0.05, 0.1) is 0 Å². The molecule has 1 unspecified atom stereocenters. The van der Waals surface area contributed by atoms with Crippen molar-refractivity contribution in [1.82, 2.24) is 4.57 Å². The molecule has 3 rings (SSSR count). The molecule has 3 nitrogen and oxygen atoms in total. The molecule has 3 aromatic heterocycles. The molecule has 1 atom stereocenters. The van der Waals surface area contributed by atoms with Gasteiger partial charge in [-0.05, 0) is 0 Å². The minimum atomic E-state index is -1.15. The zero-order chi connectivity index (χ0) is 16.8. The van der Waals surface area contributed by atoms with E-state index >= 15 is 0 Å². The first-order valence-electron chi connectivity index (χ1n) is 8.08. The van der Waals surface area contributed by atoms with E-state index in [1.165, 1.54) is 12.3 Å². The number of hydrogen-bond acceptors (Lipinski definition) is 2. The maximum absolute atomic E-state index is 5.54. The fourth-order valence-electron chi connectivity index (χ4n) is 2.61. The van der Waals surface area contributed by atoms with Crippen molar-refractivity contribution < 1.29 is 8.83 Å². The van der Waals surface area contributed by atoms with Crippen LogP contribution in [0.1, 0.15) is 23.4 Å². The molecule has 0 radical (unpaired) electrons. The van der Waals surface area contributed by atoms with Gasteiger partial charge in [0, 0.05) is 0 Å². The molecule has 0 N–H and O–H groups in total. The fourth-order valence-corrected chi connectivity index (χ4v) is 17.0. The number of aromatic nitrogens is 1. The molecule has 0 fully saturated rings. The number of rotatable bonds is 9. The molecule has 3 aromatic rings. The van der Waals surface area contributed by atoms with Crippen molar-refractivity contribution >= 4 is 33.8 Å². The topological polar surface area (TPSA) is 31.2 Å². The van der Waals surface area contributed by atoms with Crippen LogP contribution in [0.2, 0.25) is 0 Å². The summed E-state index contributed by atoms with van der Waals surface area (Å²) in [6.07, 6.45) is 12.3. The third-order valence-electron chi connectivity index (χ3n) is 3.95. The van der Waals surface area contributed by atoms with E-state index in [0.29, 0.717) is 19.5 Å².